The van der Waals surface area contributed by atoms with Crippen LogP contribution in [0.4, 0.5) is 0 Å². The summed E-state index contributed by atoms with van der Waals surface area (Å²) in [6.07, 6.45) is -0.0501. The van der Waals surface area contributed by atoms with E-state index < -0.39 is 9.84 Å². The Morgan fingerprint density at radius 3 is 2.11 bits per heavy atom. The average Bonchev–Trinajstić information content (AvgIpc) is 2.75. The van der Waals surface area contributed by atoms with Crippen molar-refractivity contribution in [2.45, 2.75) is 22.4 Å². The van der Waals surface area contributed by atoms with Crippen molar-refractivity contribution in [3.05, 3.63) is 96.1 Å². The zero-order chi connectivity index (χ0) is 19.4. The zero-order valence-corrected chi connectivity index (χ0v) is 16.4. The molecule has 28 heavy (non-hydrogen) atoms. The molecule has 0 spiro atoms. The lowest BCUT2D eigenvalue weighted by Gasteiger charge is -2.33. The number of rotatable bonds is 5. The second-order valence-electron chi connectivity index (χ2n) is 6.97. The summed E-state index contributed by atoms with van der Waals surface area (Å²) in [7, 11) is -3.49. The Bertz CT molecular complexity index is 1000. The SMILES string of the molecule is O=S(=O)(c1ccccc1)c1ccc(C2CN(Cc3ccccc3)CCO2)cc1. The van der Waals surface area contributed by atoms with E-state index >= 15 is 0 Å². The first-order valence-electron chi connectivity index (χ1n) is 9.41. The van der Waals surface area contributed by atoms with Gasteiger partial charge in [-0.1, -0.05) is 60.7 Å². The van der Waals surface area contributed by atoms with Gasteiger partial charge in [-0.15, -0.1) is 0 Å². The first kappa shape index (κ1) is 18.9. The minimum absolute atomic E-state index is 0.0501. The number of ether oxygens (including phenoxy) is 1. The molecule has 4 nitrogen and oxygen atoms in total. The van der Waals surface area contributed by atoms with Crippen LogP contribution in [-0.4, -0.2) is 33.0 Å². The lowest BCUT2D eigenvalue weighted by Crippen LogP contribution is -2.37. The van der Waals surface area contributed by atoms with E-state index in [2.05, 4.69) is 29.2 Å². The first-order valence-corrected chi connectivity index (χ1v) is 10.9. The molecule has 1 heterocycles. The van der Waals surface area contributed by atoms with Gasteiger partial charge in [0.25, 0.3) is 0 Å². The van der Waals surface area contributed by atoms with Crippen LogP contribution >= 0.6 is 0 Å². The van der Waals surface area contributed by atoms with E-state index in [1.807, 2.05) is 24.3 Å². The maximum absolute atomic E-state index is 12.7. The summed E-state index contributed by atoms with van der Waals surface area (Å²) >= 11 is 0. The Kier molecular flexibility index (Phi) is 5.57. The van der Waals surface area contributed by atoms with E-state index in [-0.39, 0.29) is 6.10 Å². The van der Waals surface area contributed by atoms with Gasteiger partial charge in [-0.05, 0) is 35.4 Å². The van der Waals surface area contributed by atoms with Crippen molar-refractivity contribution in [3.8, 4) is 0 Å². The number of morpholine rings is 1. The molecule has 1 saturated heterocycles. The first-order chi connectivity index (χ1) is 13.6. The van der Waals surface area contributed by atoms with Gasteiger partial charge in [0, 0.05) is 19.6 Å². The van der Waals surface area contributed by atoms with E-state index in [0.29, 0.717) is 16.4 Å². The van der Waals surface area contributed by atoms with Crippen LogP contribution in [0.15, 0.2) is 94.7 Å². The van der Waals surface area contributed by atoms with Crippen molar-refractivity contribution in [1.29, 1.82) is 0 Å². The highest BCUT2D eigenvalue weighted by Crippen LogP contribution is 2.26. The highest BCUT2D eigenvalue weighted by Gasteiger charge is 2.23. The highest BCUT2D eigenvalue weighted by atomic mass is 32.2. The van der Waals surface area contributed by atoms with Crippen LogP contribution in [0.2, 0.25) is 0 Å². The Morgan fingerprint density at radius 1 is 0.821 bits per heavy atom. The summed E-state index contributed by atoms with van der Waals surface area (Å²) in [5.41, 5.74) is 2.29. The fourth-order valence-corrected chi connectivity index (χ4v) is 4.77. The maximum atomic E-state index is 12.7. The summed E-state index contributed by atoms with van der Waals surface area (Å²) in [5, 5.41) is 0. The van der Waals surface area contributed by atoms with Gasteiger partial charge in [0.15, 0.2) is 0 Å². The molecule has 0 amide bonds. The summed E-state index contributed by atoms with van der Waals surface area (Å²) in [6.45, 7) is 3.24. The van der Waals surface area contributed by atoms with Crippen LogP contribution in [0, 0.1) is 0 Å². The lowest BCUT2D eigenvalue weighted by atomic mass is 10.1. The molecule has 0 radical (unpaired) electrons. The minimum Gasteiger partial charge on any atom is -0.371 e. The number of nitrogens with zero attached hydrogens (tertiary/aromatic N) is 1. The van der Waals surface area contributed by atoms with E-state index in [4.69, 9.17) is 4.74 Å². The van der Waals surface area contributed by atoms with Gasteiger partial charge in [-0.2, -0.15) is 0 Å². The molecule has 0 bridgehead atoms. The van der Waals surface area contributed by atoms with Crippen molar-refractivity contribution in [1.82, 2.24) is 4.90 Å². The topological polar surface area (TPSA) is 46.6 Å². The van der Waals surface area contributed by atoms with Crippen molar-refractivity contribution >= 4 is 9.84 Å². The summed E-state index contributed by atoms with van der Waals surface area (Å²) in [5.74, 6) is 0. The molecule has 1 aliphatic heterocycles. The second-order valence-corrected chi connectivity index (χ2v) is 8.92. The van der Waals surface area contributed by atoms with Crippen LogP contribution in [-0.2, 0) is 21.1 Å². The summed E-state index contributed by atoms with van der Waals surface area (Å²) in [6, 6.07) is 26.0. The van der Waals surface area contributed by atoms with E-state index in [9.17, 15) is 8.42 Å². The lowest BCUT2D eigenvalue weighted by molar-refractivity contribution is -0.0329. The fraction of sp³-hybridized carbons (Fsp3) is 0.217. The molecule has 4 rings (SSSR count). The summed E-state index contributed by atoms with van der Waals surface area (Å²) < 4.78 is 31.4. The molecule has 5 heteroatoms. The Balaban J connectivity index is 1.48. The third-order valence-electron chi connectivity index (χ3n) is 5.02. The number of hydrogen-bond acceptors (Lipinski definition) is 4. The van der Waals surface area contributed by atoms with Crippen LogP contribution in [0.3, 0.4) is 0 Å². The van der Waals surface area contributed by atoms with Crippen LogP contribution in [0.1, 0.15) is 17.2 Å². The summed E-state index contributed by atoms with van der Waals surface area (Å²) in [4.78, 5) is 2.99. The number of sulfone groups is 1. The van der Waals surface area contributed by atoms with Gasteiger partial charge < -0.3 is 4.74 Å². The minimum atomic E-state index is -3.49. The quantitative estimate of drug-likeness (QED) is 0.655. The van der Waals surface area contributed by atoms with Crippen molar-refractivity contribution in [2.24, 2.45) is 0 Å². The van der Waals surface area contributed by atoms with E-state index in [1.165, 1.54) is 5.56 Å². The molecule has 0 N–H and O–H groups in total. The molecule has 1 aliphatic rings. The Labute approximate surface area is 166 Å². The number of benzene rings is 3. The number of hydrogen-bond donors (Lipinski definition) is 0. The molecular formula is C23H23NO3S. The molecule has 3 aromatic rings. The van der Waals surface area contributed by atoms with Gasteiger partial charge in [0.2, 0.25) is 9.84 Å². The molecule has 0 saturated carbocycles. The van der Waals surface area contributed by atoms with Crippen LogP contribution < -0.4 is 0 Å². The average molecular weight is 394 g/mol. The normalized spacial score (nSPS) is 18.1. The standard InChI is InChI=1S/C23H23NO3S/c25-28(26,21-9-5-2-6-10-21)22-13-11-20(12-14-22)23-18-24(15-16-27-23)17-19-7-3-1-4-8-19/h1-14,23H,15-18H2. The maximum Gasteiger partial charge on any atom is 0.206 e. The van der Waals surface area contributed by atoms with Crippen molar-refractivity contribution in [2.75, 3.05) is 19.7 Å². The highest BCUT2D eigenvalue weighted by molar-refractivity contribution is 7.91. The molecule has 1 unspecified atom stereocenters. The Hall–Kier alpha value is -2.47. The predicted octanol–water partition coefficient (Wildman–Crippen LogP) is 4.09. The largest absolute Gasteiger partial charge is 0.371 e. The molecule has 3 aromatic carbocycles. The van der Waals surface area contributed by atoms with Gasteiger partial charge in [-0.3, -0.25) is 4.90 Å². The monoisotopic (exact) mass is 393 g/mol. The molecule has 144 valence electrons. The third-order valence-corrected chi connectivity index (χ3v) is 6.80. The van der Waals surface area contributed by atoms with E-state index in [0.717, 1.165) is 25.2 Å². The van der Waals surface area contributed by atoms with Crippen LogP contribution in [0.5, 0.6) is 0 Å². The van der Waals surface area contributed by atoms with Gasteiger partial charge in [0.1, 0.15) is 0 Å². The van der Waals surface area contributed by atoms with Gasteiger partial charge in [0.05, 0.1) is 22.5 Å². The molecular weight excluding hydrogens is 370 g/mol. The predicted molar refractivity (Wildman–Crippen MR) is 109 cm³/mol. The second kappa shape index (κ2) is 8.27. The fourth-order valence-electron chi connectivity index (χ4n) is 3.49. The van der Waals surface area contributed by atoms with Gasteiger partial charge in [-0.25, -0.2) is 8.42 Å². The smallest absolute Gasteiger partial charge is 0.206 e. The van der Waals surface area contributed by atoms with Crippen molar-refractivity contribution < 1.29 is 13.2 Å². The van der Waals surface area contributed by atoms with Crippen LogP contribution in [0.25, 0.3) is 0 Å². The third kappa shape index (κ3) is 4.17. The molecule has 0 aliphatic carbocycles. The zero-order valence-electron chi connectivity index (χ0n) is 15.6. The van der Waals surface area contributed by atoms with E-state index in [1.54, 1.807) is 36.4 Å². The molecule has 0 aromatic heterocycles. The van der Waals surface area contributed by atoms with Gasteiger partial charge >= 0.3 is 0 Å². The Morgan fingerprint density at radius 2 is 1.43 bits per heavy atom. The van der Waals surface area contributed by atoms with Crippen molar-refractivity contribution in [3.63, 3.8) is 0 Å². The molecule has 1 atom stereocenters. The molecule has 1 fully saturated rings.